The zero-order valence-electron chi connectivity index (χ0n) is 7.74. The molecule has 0 aliphatic heterocycles. The Bertz CT molecular complexity index is 172. The number of hydrogen-bond acceptors (Lipinski definition) is 3. The van der Waals surface area contributed by atoms with E-state index >= 15 is 0 Å². The quantitative estimate of drug-likeness (QED) is 0.372. The Morgan fingerprint density at radius 1 is 1.50 bits per heavy atom. The van der Waals surface area contributed by atoms with Crippen LogP contribution in [0.1, 0.15) is 6.42 Å². The van der Waals surface area contributed by atoms with E-state index < -0.39 is 18.1 Å². The average molecular weight is 177 g/mol. The summed E-state index contributed by atoms with van der Waals surface area (Å²) < 4.78 is 0.431. The van der Waals surface area contributed by atoms with E-state index in [2.05, 4.69) is 0 Å². The van der Waals surface area contributed by atoms with E-state index in [0.717, 1.165) is 0 Å². The summed E-state index contributed by atoms with van der Waals surface area (Å²) in [7, 11) is 5.50. The molecule has 0 unspecified atom stereocenters. The molecule has 0 radical (unpaired) electrons. The Morgan fingerprint density at radius 3 is 2.17 bits per heavy atom. The molecule has 0 spiro atoms. The van der Waals surface area contributed by atoms with Crippen molar-refractivity contribution in [3.05, 3.63) is 0 Å². The Balaban J connectivity index is 4.13. The van der Waals surface area contributed by atoms with Crippen molar-refractivity contribution in [2.75, 3.05) is 27.7 Å². The number of likely N-dealkylation sites (N-methyl/N-ethyl adjacent to an activating group) is 1. The molecule has 5 nitrogen and oxygen atoms in total. The summed E-state index contributed by atoms with van der Waals surface area (Å²) in [6, 6.07) is 0. The smallest absolute Gasteiger partial charge is 0.307 e. The standard InChI is InChI=1S/C7H16N2O3/c1-9(2,3)5-7(8,12)4-6(10)11/h12H,4-5,8H2,1-3H3/p+1/t7-/m0/s1. The first-order valence-corrected chi connectivity index (χ1v) is 3.66. The number of nitrogens with zero attached hydrogens (tertiary/aromatic N) is 1. The predicted octanol–water partition coefficient (Wildman–Crippen LogP) is -1.19. The van der Waals surface area contributed by atoms with Crippen LogP contribution in [0.4, 0.5) is 0 Å². The highest BCUT2D eigenvalue weighted by Crippen LogP contribution is 2.06. The fraction of sp³-hybridized carbons (Fsp3) is 0.857. The molecule has 0 saturated heterocycles. The van der Waals surface area contributed by atoms with Crippen molar-refractivity contribution in [3.8, 4) is 0 Å². The van der Waals surface area contributed by atoms with E-state index in [1.165, 1.54) is 0 Å². The van der Waals surface area contributed by atoms with Gasteiger partial charge in [-0.1, -0.05) is 0 Å². The highest BCUT2D eigenvalue weighted by Gasteiger charge is 2.31. The Morgan fingerprint density at radius 2 is 1.92 bits per heavy atom. The Hall–Kier alpha value is -0.650. The summed E-state index contributed by atoms with van der Waals surface area (Å²) in [6.07, 6.45) is -0.428. The van der Waals surface area contributed by atoms with Gasteiger partial charge in [-0.25, -0.2) is 0 Å². The number of hydrogen-bond donors (Lipinski definition) is 3. The molecule has 0 aliphatic carbocycles. The lowest BCUT2D eigenvalue weighted by Crippen LogP contribution is -2.55. The van der Waals surface area contributed by atoms with Crippen LogP contribution in [-0.4, -0.2) is 54.1 Å². The number of aliphatic carboxylic acids is 1. The van der Waals surface area contributed by atoms with Gasteiger partial charge >= 0.3 is 5.97 Å². The first kappa shape index (κ1) is 11.4. The summed E-state index contributed by atoms with van der Waals surface area (Å²) in [4.78, 5) is 10.3. The fourth-order valence-corrected chi connectivity index (χ4v) is 1.14. The van der Waals surface area contributed by atoms with Crippen molar-refractivity contribution in [3.63, 3.8) is 0 Å². The third-order valence-corrected chi connectivity index (χ3v) is 1.21. The molecule has 0 aromatic carbocycles. The molecule has 72 valence electrons. The van der Waals surface area contributed by atoms with Gasteiger partial charge in [-0.15, -0.1) is 0 Å². The number of carboxylic acids is 1. The number of rotatable bonds is 4. The van der Waals surface area contributed by atoms with Gasteiger partial charge in [0.25, 0.3) is 0 Å². The van der Waals surface area contributed by atoms with E-state index in [-0.39, 0.29) is 6.54 Å². The van der Waals surface area contributed by atoms with Crippen molar-refractivity contribution in [1.29, 1.82) is 0 Å². The summed E-state index contributed by atoms with van der Waals surface area (Å²) in [5.41, 5.74) is 3.74. The first-order valence-electron chi connectivity index (χ1n) is 3.66. The second-order valence-corrected chi connectivity index (χ2v) is 4.12. The van der Waals surface area contributed by atoms with Crippen molar-refractivity contribution in [2.24, 2.45) is 5.73 Å². The molecular formula is C7H17N2O3+. The van der Waals surface area contributed by atoms with Crippen LogP contribution in [0.15, 0.2) is 0 Å². The van der Waals surface area contributed by atoms with Gasteiger partial charge in [0.2, 0.25) is 0 Å². The minimum Gasteiger partial charge on any atom is -0.481 e. The third kappa shape index (κ3) is 6.09. The summed E-state index contributed by atoms with van der Waals surface area (Å²) in [5, 5.41) is 17.8. The van der Waals surface area contributed by atoms with E-state index in [1.807, 2.05) is 21.1 Å². The fourth-order valence-electron chi connectivity index (χ4n) is 1.14. The Kier molecular flexibility index (Phi) is 3.20. The summed E-state index contributed by atoms with van der Waals surface area (Å²) in [5.74, 6) is -1.09. The lowest BCUT2D eigenvalue weighted by atomic mass is 10.1. The van der Waals surface area contributed by atoms with Crippen LogP contribution >= 0.6 is 0 Å². The molecule has 0 aromatic rings. The maximum Gasteiger partial charge on any atom is 0.307 e. The molecule has 0 bridgehead atoms. The molecule has 0 aliphatic rings. The van der Waals surface area contributed by atoms with Gasteiger partial charge < -0.3 is 14.7 Å². The lowest BCUT2D eigenvalue weighted by Gasteiger charge is -2.31. The molecule has 0 aromatic heterocycles. The van der Waals surface area contributed by atoms with Gasteiger partial charge in [0, 0.05) is 0 Å². The van der Waals surface area contributed by atoms with Crippen LogP contribution in [0.5, 0.6) is 0 Å². The van der Waals surface area contributed by atoms with Crippen LogP contribution in [0.2, 0.25) is 0 Å². The van der Waals surface area contributed by atoms with Crippen molar-refractivity contribution >= 4 is 5.97 Å². The van der Waals surface area contributed by atoms with E-state index in [4.69, 9.17) is 10.8 Å². The normalized spacial score (nSPS) is 17.1. The van der Waals surface area contributed by atoms with Gasteiger partial charge in [0.1, 0.15) is 6.54 Å². The van der Waals surface area contributed by atoms with Crippen molar-refractivity contribution in [2.45, 2.75) is 12.1 Å². The molecule has 4 N–H and O–H groups in total. The number of carbonyl (C=O) groups is 1. The average Bonchev–Trinajstić information content (AvgIpc) is 1.48. The van der Waals surface area contributed by atoms with Crippen LogP contribution < -0.4 is 5.73 Å². The van der Waals surface area contributed by atoms with E-state index in [1.54, 1.807) is 0 Å². The Labute approximate surface area is 72.0 Å². The van der Waals surface area contributed by atoms with Crippen molar-refractivity contribution < 1.29 is 19.5 Å². The first-order chi connectivity index (χ1) is 5.12. The molecule has 0 fully saturated rings. The number of quaternary nitrogens is 1. The van der Waals surface area contributed by atoms with Crippen LogP contribution in [-0.2, 0) is 4.79 Å². The van der Waals surface area contributed by atoms with Crippen LogP contribution in [0.25, 0.3) is 0 Å². The van der Waals surface area contributed by atoms with Gasteiger partial charge in [-0.3, -0.25) is 10.5 Å². The summed E-state index contributed by atoms with van der Waals surface area (Å²) >= 11 is 0. The largest absolute Gasteiger partial charge is 0.481 e. The molecule has 0 amide bonds. The van der Waals surface area contributed by atoms with Gasteiger partial charge in [-0.2, -0.15) is 0 Å². The minimum absolute atomic E-state index is 0.208. The minimum atomic E-state index is -1.62. The predicted molar refractivity (Wildman–Crippen MR) is 44.3 cm³/mol. The second kappa shape index (κ2) is 3.38. The molecule has 0 saturated carbocycles. The molecule has 0 heterocycles. The molecule has 5 heteroatoms. The summed E-state index contributed by atoms with van der Waals surface area (Å²) in [6.45, 7) is 0.208. The van der Waals surface area contributed by atoms with Crippen LogP contribution in [0, 0.1) is 0 Å². The molecule has 1 atom stereocenters. The number of carboxylic acid groups (broad SMARTS) is 1. The van der Waals surface area contributed by atoms with Gasteiger partial charge in [0.05, 0.1) is 27.6 Å². The third-order valence-electron chi connectivity index (χ3n) is 1.21. The number of aliphatic hydroxyl groups is 1. The maximum atomic E-state index is 10.3. The lowest BCUT2D eigenvalue weighted by molar-refractivity contribution is -0.877. The zero-order chi connectivity index (χ0) is 9.99. The van der Waals surface area contributed by atoms with Crippen molar-refractivity contribution in [1.82, 2.24) is 0 Å². The van der Waals surface area contributed by atoms with Gasteiger partial charge in [-0.05, 0) is 0 Å². The van der Waals surface area contributed by atoms with E-state index in [0.29, 0.717) is 4.48 Å². The maximum absolute atomic E-state index is 10.3. The highest BCUT2D eigenvalue weighted by atomic mass is 16.4. The number of nitrogens with two attached hydrogens (primary N) is 1. The van der Waals surface area contributed by atoms with Gasteiger partial charge in [0.15, 0.2) is 5.72 Å². The SMILES string of the molecule is C[N+](C)(C)C[C@@](N)(O)CC(=O)O. The molecule has 0 rings (SSSR count). The highest BCUT2D eigenvalue weighted by molar-refractivity contribution is 5.67. The second-order valence-electron chi connectivity index (χ2n) is 4.12. The monoisotopic (exact) mass is 177 g/mol. The van der Waals surface area contributed by atoms with Crippen LogP contribution in [0.3, 0.4) is 0 Å². The topological polar surface area (TPSA) is 83.5 Å². The van der Waals surface area contributed by atoms with E-state index in [9.17, 15) is 9.90 Å². The molecule has 12 heavy (non-hydrogen) atoms. The molecular weight excluding hydrogens is 160 g/mol. The zero-order valence-corrected chi connectivity index (χ0v) is 7.74.